The van der Waals surface area contributed by atoms with Gasteiger partial charge in [0.25, 0.3) is 11.6 Å². The van der Waals surface area contributed by atoms with Crippen LogP contribution in [0.2, 0.25) is 0 Å². The largest absolute Gasteiger partial charge is 0.366 e. The lowest BCUT2D eigenvalue weighted by atomic mass is 10.1. The molecule has 3 rings (SSSR count). The monoisotopic (exact) mass is 302 g/mol. The Labute approximate surface area is 125 Å². The summed E-state index contributed by atoms with van der Waals surface area (Å²) < 4.78 is 1.28. The molecule has 1 aliphatic heterocycles. The van der Waals surface area contributed by atoms with Crippen molar-refractivity contribution in [3.8, 4) is 0 Å². The number of anilines is 1. The minimum Gasteiger partial charge on any atom is -0.366 e. The number of amides is 1. The molecule has 1 saturated heterocycles. The standard InChI is InChI=1S/C13H14N6O3/c20-13(16-18-8-14-15-9-18)10-3-4-11(12(7-10)19(21)22)17-5-1-2-6-17/h3-4,7-9H,1-2,5-6H2,(H,16,20). The van der Waals surface area contributed by atoms with Crippen LogP contribution in [0.5, 0.6) is 0 Å². The summed E-state index contributed by atoms with van der Waals surface area (Å²) in [5.74, 6) is -0.462. The molecule has 2 heterocycles. The first-order valence-electron chi connectivity index (χ1n) is 6.84. The van der Waals surface area contributed by atoms with Crippen LogP contribution in [-0.4, -0.2) is 38.8 Å². The summed E-state index contributed by atoms with van der Waals surface area (Å²) in [6.45, 7) is 1.60. The van der Waals surface area contributed by atoms with Gasteiger partial charge in [0.15, 0.2) is 0 Å². The third-order valence-corrected chi connectivity index (χ3v) is 3.53. The van der Waals surface area contributed by atoms with Crippen molar-refractivity contribution in [3.63, 3.8) is 0 Å². The molecule has 0 spiro atoms. The Bertz CT molecular complexity index is 694. The van der Waals surface area contributed by atoms with Crippen molar-refractivity contribution in [2.45, 2.75) is 12.8 Å². The van der Waals surface area contributed by atoms with E-state index in [4.69, 9.17) is 0 Å². The topological polar surface area (TPSA) is 106 Å². The summed E-state index contributed by atoms with van der Waals surface area (Å²) in [5, 5.41) is 18.4. The highest BCUT2D eigenvalue weighted by Crippen LogP contribution is 2.31. The van der Waals surface area contributed by atoms with E-state index in [1.807, 2.05) is 4.90 Å². The molecule has 114 valence electrons. The summed E-state index contributed by atoms with van der Waals surface area (Å²) >= 11 is 0. The molecule has 1 aliphatic rings. The van der Waals surface area contributed by atoms with Crippen LogP contribution in [0.4, 0.5) is 11.4 Å². The van der Waals surface area contributed by atoms with Gasteiger partial charge in [0.05, 0.1) is 4.92 Å². The van der Waals surface area contributed by atoms with Gasteiger partial charge in [-0.05, 0) is 25.0 Å². The summed E-state index contributed by atoms with van der Waals surface area (Å²) in [5.41, 5.74) is 3.22. The maximum absolute atomic E-state index is 12.1. The number of nitro benzene ring substituents is 1. The van der Waals surface area contributed by atoms with Crippen molar-refractivity contribution in [2.24, 2.45) is 0 Å². The van der Waals surface area contributed by atoms with Gasteiger partial charge in [0.1, 0.15) is 18.3 Å². The van der Waals surface area contributed by atoms with Crippen LogP contribution < -0.4 is 10.3 Å². The zero-order valence-electron chi connectivity index (χ0n) is 11.7. The first-order chi connectivity index (χ1) is 10.6. The number of rotatable bonds is 4. The fourth-order valence-corrected chi connectivity index (χ4v) is 2.48. The molecule has 0 aliphatic carbocycles. The number of carbonyl (C=O) groups is 1. The molecule has 9 heteroatoms. The predicted octanol–water partition coefficient (Wildman–Crippen LogP) is 1.17. The summed E-state index contributed by atoms with van der Waals surface area (Å²) in [6.07, 6.45) is 4.69. The van der Waals surface area contributed by atoms with Crippen molar-refractivity contribution < 1.29 is 9.72 Å². The van der Waals surface area contributed by atoms with Crippen LogP contribution >= 0.6 is 0 Å². The van der Waals surface area contributed by atoms with Crippen LogP contribution in [0.25, 0.3) is 0 Å². The van der Waals surface area contributed by atoms with Gasteiger partial charge in [-0.3, -0.25) is 20.3 Å². The van der Waals surface area contributed by atoms with Crippen molar-refractivity contribution in [1.29, 1.82) is 0 Å². The third kappa shape index (κ3) is 2.73. The fraction of sp³-hybridized carbons (Fsp3) is 0.308. The molecule has 0 atom stereocenters. The number of benzene rings is 1. The predicted molar refractivity (Wildman–Crippen MR) is 78.3 cm³/mol. The molecule has 0 unspecified atom stereocenters. The molecule has 22 heavy (non-hydrogen) atoms. The van der Waals surface area contributed by atoms with Gasteiger partial charge in [-0.25, -0.2) is 4.68 Å². The van der Waals surface area contributed by atoms with E-state index in [-0.39, 0.29) is 11.3 Å². The lowest BCUT2D eigenvalue weighted by Crippen LogP contribution is -2.22. The number of hydrogen-bond donors (Lipinski definition) is 1. The fourth-order valence-electron chi connectivity index (χ4n) is 2.48. The van der Waals surface area contributed by atoms with Gasteiger partial charge in [0, 0.05) is 24.7 Å². The Balaban J connectivity index is 1.88. The average Bonchev–Trinajstić information content (AvgIpc) is 3.19. The van der Waals surface area contributed by atoms with Crippen LogP contribution in [0.1, 0.15) is 23.2 Å². The quantitative estimate of drug-likeness (QED) is 0.671. The highest BCUT2D eigenvalue weighted by molar-refractivity contribution is 6.01. The maximum atomic E-state index is 12.1. The second-order valence-corrected chi connectivity index (χ2v) is 4.96. The average molecular weight is 302 g/mol. The Morgan fingerprint density at radius 2 is 1.91 bits per heavy atom. The van der Waals surface area contributed by atoms with E-state index < -0.39 is 10.8 Å². The highest BCUT2D eigenvalue weighted by Gasteiger charge is 2.23. The van der Waals surface area contributed by atoms with E-state index in [1.165, 1.54) is 23.4 Å². The third-order valence-electron chi connectivity index (χ3n) is 3.53. The lowest BCUT2D eigenvalue weighted by molar-refractivity contribution is -0.384. The molecule has 1 aromatic carbocycles. The van der Waals surface area contributed by atoms with Gasteiger partial charge >= 0.3 is 0 Å². The van der Waals surface area contributed by atoms with Gasteiger partial charge in [-0.2, -0.15) is 0 Å². The molecular weight excluding hydrogens is 288 g/mol. The number of nitro groups is 1. The second-order valence-electron chi connectivity index (χ2n) is 4.96. The Hall–Kier alpha value is -2.97. The first kappa shape index (κ1) is 14.0. The minimum atomic E-state index is -0.462. The van der Waals surface area contributed by atoms with E-state index in [1.54, 1.807) is 12.1 Å². The van der Waals surface area contributed by atoms with Crippen molar-refractivity contribution in [2.75, 3.05) is 23.4 Å². The molecular formula is C13H14N6O3. The van der Waals surface area contributed by atoms with Crippen molar-refractivity contribution >= 4 is 17.3 Å². The van der Waals surface area contributed by atoms with Gasteiger partial charge in [-0.1, -0.05) is 0 Å². The van der Waals surface area contributed by atoms with Crippen LogP contribution in [0, 0.1) is 10.1 Å². The van der Waals surface area contributed by atoms with Gasteiger partial charge < -0.3 is 4.90 Å². The minimum absolute atomic E-state index is 0.0571. The maximum Gasteiger partial charge on any atom is 0.293 e. The molecule has 0 saturated carbocycles. The number of nitrogens with zero attached hydrogens (tertiary/aromatic N) is 5. The van der Waals surface area contributed by atoms with Crippen molar-refractivity contribution in [1.82, 2.24) is 14.9 Å². The van der Waals surface area contributed by atoms with E-state index in [2.05, 4.69) is 15.6 Å². The van der Waals surface area contributed by atoms with E-state index in [0.717, 1.165) is 25.9 Å². The van der Waals surface area contributed by atoms with Crippen LogP contribution in [-0.2, 0) is 0 Å². The van der Waals surface area contributed by atoms with Crippen LogP contribution in [0.15, 0.2) is 30.9 Å². The number of carbonyl (C=O) groups excluding carboxylic acids is 1. The molecule has 1 aromatic heterocycles. The number of aromatic nitrogens is 3. The highest BCUT2D eigenvalue weighted by atomic mass is 16.6. The Kier molecular flexibility index (Phi) is 3.69. The summed E-state index contributed by atoms with van der Waals surface area (Å²) in [4.78, 5) is 24.9. The Morgan fingerprint density at radius 1 is 1.23 bits per heavy atom. The normalized spacial score (nSPS) is 14.1. The zero-order chi connectivity index (χ0) is 15.5. The molecule has 1 amide bonds. The first-order valence-corrected chi connectivity index (χ1v) is 6.84. The molecule has 9 nitrogen and oxygen atoms in total. The smallest absolute Gasteiger partial charge is 0.293 e. The molecule has 2 aromatic rings. The van der Waals surface area contributed by atoms with Gasteiger partial charge in [-0.15, -0.1) is 10.2 Å². The number of nitrogens with one attached hydrogen (secondary N) is 1. The SMILES string of the molecule is O=C(Nn1cnnc1)c1ccc(N2CCCC2)c([N+](=O)[O-])c1. The molecule has 0 radical (unpaired) electrons. The van der Waals surface area contributed by atoms with Gasteiger partial charge in [0.2, 0.25) is 0 Å². The molecule has 0 bridgehead atoms. The number of hydrogen-bond acceptors (Lipinski definition) is 6. The van der Waals surface area contributed by atoms with E-state index >= 15 is 0 Å². The summed E-state index contributed by atoms with van der Waals surface area (Å²) in [7, 11) is 0. The van der Waals surface area contributed by atoms with E-state index in [9.17, 15) is 14.9 Å². The van der Waals surface area contributed by atoms with E-state index in [0.29, 0.717) is 5.69 Å². The van der Waals surface area contributed by atoms with Crippen molar-refractivity contribution in [3.05, 3.63) is 46.5 Å². The Morgan fingerprint density at radius 3 is 2.55 bits per heavy atom. The second kappa shape index (κ2) is 5.80. The summed E-state index contributed by atoms with van der Waals surface area (Å²) in [6, 6.07) is 4.51. The lowest BCUT2D eigenvalue weighted by Gasteiger charge is -2.17. The molecule has 1 N–H and O–H groups in total. The zero-order valence-corrected chi connectivity index (χ0v) is 11.7. The molecule has 1 fully saturated rings. The van der Waals surface area contributed by atoms with Crippen LogP contribution in [0.3, 0.4) is 0 Å².